The van der Waals surface area contributed by atoms with Crippen LogP contribution in [0.2, 0.25) is 0 Å². The number of aromatic nitrogens is 1. The molecule has 1 unspecified atom stereocenters. The number of carbonyl (C=O) groups excluding carboxylic acids is 1. The summed E-state index contributed by atoms with van der Waals surface area (Å²) in [7, 11) is 3.98. The molecule has 0 aliphatic rings. The van der Waals surface area contributed by atoms with Crippen molar-refractivity contribution in [2.45, 2.75) is 6.04 Å². The highest BCUT2D eigenvalue weighted by Crippen LogP contribution is 2.28. The number of nitrogens with zero attached hydrogens (tertiary/aromatic N) is 2. The van der Waals surface area contributed by atoms with Gasteiger partial charge in [-0.1, -0.05) is 12.1 Å². The monoisotopic (exact) mass is 435 g/mol. The molecule has 2 aromatic carbocycles. The number of nitrogens with one attached hydrogen (secondary N) is 1. The van der Waals surface area contributed by atoms with Gasteiger partial charge in [-0.05, 0) is 72.9 Å². The first-order valence-corrected chi connectivity index (χ1v) is 10.7. The number of thiophene rings is 1. The summed E-state index contributed by atoms with van der Waals surface area (Å²) in [4.78, 5) is 19.4. The van der Waals surface area contributed by atoms with Crippen LogP contribution in [-0.2, 0) is 0 Å². The zero-order valence-electron chi connectivity index (χ0n) is 17.2. The Morgan fingerprint density at radius 1 is 1.16 bits per heavy atom. The molecular formula is C24H22FN3O2S. The molecule has 1 N–H and O–H groups in total. The van der Waals surface area contributed by atoms with E-state index in [1.165, 1.54) is 17.7 Å². The molecule has 7 heteroatoms. The molecule has 0 saturated heterocycles. The first kappa shape index (κ1) is 21.0. The molecule has 5 nitrogen and oxygen atoms in total. The van der Waals surface area contributed by atoms with E-state index in [-0.39, 0.29) is 17.8 Å². The van der Waals surface area contributed by atoms with Gasteiger partial charge >= 0.3 is 0 Å². The Morgan fingerprint density at radius 2 is 1.94 bits per heavy atom. The lowest BCUT2D eigenvalue weighted by molar-refractivity contribution is 0.0942. The van der Waals surface area contributed by atoms with E-state index >= 15 is 0 Å². The maximum Gasteiger partial charge on any atom is 0.252 e. The molecule has 158 valence electrons. The van der Waals surface area contributed by atoms with E-state index in [1.807, 2.05) is 31.6 Å². The van der Waals surface area contributed by atoms with Crippen LogP contribution in [0, 0.1) is 5.82 Å². The van der Waals surface area contributed by atoms with Crippen LogP contribution >= 0.6 is 11.3 Å². The van der Waals surface area contributed by atoms with Crippen LogP contribution in [-0.4, -0.2) is 36.4 Å². The fourth-order valence-corrected chi connectivity index (χ4v) is 4.07. The number of hydrogen-bond acceptors (Lipinski definition) is 5. The van der Waals surface area contributed by atoms with Crippen molar-refractivity contribution in [1.82, 2.24) is 15.2 Å². The topological polar surface area (TPSA) is 58.4 Å². The summed E-state index contributed by atoms with van der Waals surface area (Å²) in [5.41, 5.74) is 2.97. The number of amides is 1. The standard InChI is InChI=1S/C24H22FN3O2S/c1-28(2)21(17-11-12-31-15-17)13-26-23(29)19-5-3-4-6-20(19)24-27-14-22(30-24)16-7-9-18(25)10-8-16/h3-12,14-15,21H,13H2,1-2H3,(H,26,29). The smallest absolute Gasteiger partial charge is 0.252 e. The molecule has 0 aliphatic carbocycles. The van der Waals surface area contributed by atoms with Crippen molar-refractivity contribution in [2.75, 3.05) is 20.6 Å². The van der Waals surface area contributed by atoms with Crippen LogP contribution < -0.4 is 5.32 Å². The molecule has 2 aromatic heterocycles. The van der Waals surface area contributed by atoms with Crippen LogP contribution in [0.4, 0.5) is 4.39 Å². The van der Waals surface area contributed by atoms with E-state index in [9.17, 15) is 9.18 Å². The Bertz CT molecular complexity index is 1150. The van der Waals surface area contributed by atoms with E-state index in [4.69, 9.17) is 4.42 Å². The largest absolute Gasteiger partial charge is 0.436 e. The number of hydrogen-bond donors (Lipinski definition) is 1. The molecule has 0 radical (unpaired) electrons. The van der Waals surface area contributed by atoms with Gasteiger partial charge in [0, 0.05) is 17.7 Å². The molecule has 0 aliphatic heterocycles. The van der Waals surface area contributed by atoms with Crippen LogP contribution in [0.15, 0.2) is 76.0 Å². The van der Waals surface area contributed by atoms with Crippen molar-refractivity contribution in [3.8, 4) is 22.8 Å². The first-order valence-electron chi connectivity index (χ1n) is 9.81. The lowest BCUT2D eigenvalue weighted by Crippen LogP contribution is -2.34. The van der Waals surface area contributed by atoms with Crippen LogP contribution in [0.25, 0.3) is 22.8 Å². The summed E-state index contributed by atoms with van der Waals surface area (Å²) >= 11 is 1.64. The third-order valence-corrected chi connectivity index (χ3v) is 5.75. The predicted molar refractivity (Wildman–Crippen MR) is 120 cm³/mol. The molecule has 4 aromatic rings. The maximum absolute atomic E-state index is 13.2. The van der Waals surface area contributed by atoms with Crippen molar-refractivity contribution >= 4 is 17.2 Å². The highest BCUT2D eigenvalue weighted by Gasteiger charge is 2.20. The van der Waals surface area contributed by atoms with Gasteiger partial charge in [0.15, 0.2) is 5.76 Å². The Morgan fingerprint density at radius 3 is 2.65 bits per heavy atom. The Balaban J connectivity index is 1.55. The lowest BCUT2D eigenvalue weighted by Gasteiger charge is -2.24. The number of oxazole rings is 1. The SMILES string of the molecule is CN(C)C(CNC(=O)c1ccccc1-c1ncc(-c2ccc(F)cc2)o1)c1ccsc1. The van der Waals surface area contributed by atoms with Gasteiger partial charge in [0.2, 0.25) is 5.89 Å². The van der Waals surface area contributed by atoms with Crippen molar-refractivity contribution in [3.63, 3.8) is 0 Å². The van der Waals surface area contributed by atoms with Gasteiger partial charge in [-0.2, -0.15) is 11.3 Å². The second-order valence-electron chi connectivity index (χ2n) is 7.33. The molecule has 2 heterocycles. The number of halogens is 1. The first-order chi connectivity index (χ1) is 15.0. The summed E-state index contributed by atoms with van der Waals surface area (Å²) < 4.78 is 19.1. The molecule has 1 atom stereocenters. The third kappa shape index (κ3) is 4.73. The van der Waals surface area contributed by atoms with Crippen LogP contribution in [0.1, 0.15) is 22.0 Å². The zero-order valence-corrected chi connectivity index (χ0v) is 18.0. The number of rotatable bonds is 7. The second kappa shape index (κ2) is 9.24. The summed E-state index contributed by atoms with van der Waals surface area (Å²) in [5.74, 6) is 0.339. The minimum atomic E-state index is -0.316. The average molecular weight is 436 g/mol. The Hall–Kier alpha value is -3.29. The van der Waals surface area contributed by atoms with Crippen LogP contribution in [0.5, 0.6) is 0 Å². The lowest BCUT2D eigenvalue weighted by atomic mass is 10.1. The molecule has 0 saturated carbocycles. The van der Waals surface area contributed by atoms with Crippen molar-refractivity contribution in [1.29, 1.82) is 0 Å². The molecule has 0 fully saturated rings. The number of carbonyl (C=O) groups is 1. The van der Waals surface area contributed by atoms with Crippen molar-refractivity contribution in [2.24, 2.45) is 0 Å². The highest BCUT2D eigenvalue weighted by molar-refractivity contribution is 7.08. The van der Waals surface area contributed by atoms with Crippen LogP contribution in [0.3, 0.4) is 0 Å². The summed E-state index contributed by atoms with van der Waals surface area (Å²) in [6.45, 7) is 0.476. The van der Waals surface area contributed by atoms with E-state index in [0.29, 0.717) is 34.9 Å². The van der Waals surface area contributed by atoms with Gasteiger partial charge in [-0.3, -0.25) is 4.79 Å². The van der Waals surface area contributed by atoms with E-state index in [0.717, 1.165) is 0 Å². The van der Waals surface area contributed by atoms with Gasteiger partial charge in [0.25, 0.3) is 5.91 Å². The van der Waals surface area contributed by atoms with Gasteiger partial charge in [-0.15, -0.1) is 0 Å². The maximum atomic E-state index is 13.2. The van der Waals surface area contributed by atoms with E-state index in [2.05, 4.69) is 26.6 Å². The van der Waals surface area contributed by atoms with Gasteiger partial charge in [0.05, 0.1) is 17.8 Å². The predicted octanol–water partition coefficient (Wildman–Crippen LogP) is 5.24. The summed E-state index contributed by atoms with van der Waals surface area (Å²) in [6, 6.07) is 15.3. The van der Waals surface area contributed by atoms with Crippen molar-refractivity contribution in [3.05, 3.63) is 88.5 Å². The molecule has 31 heavy (non-hydrogen) atoms. The molecule has 0 spiro atoms. The van der Waals surface area contributed by atoms with E-state index < -0.39 is 0 Å². The second-order valence-corrected chi connectivity index (χ2v) is 8.11. The molecular weight excluding hydrogens is 413 g/mol. The summed E-state index contributed by atoms with van der Waals surface area (Å²) in [5, 5.41) is 7.16. The van der Waals surface area contributed by atoms with Gasteiger partial charge < -0.3 is 14.6 Å². The molecule has 0 bridgehead atoms. The minimum absolute atomic E-state index is 0.0779. The van der Waals surface area contributed by atoms with Crippen molar-refractivity contribution < 1.29 is 13.6 Å². The number of likely N-dealkylation sites (N-methyl/N-ethyl adjacent to an activating group) is 1. The average Bonchev–Trinajstić information content (AvgIpc) is 3.47. The fraction of sp³-hybridized carbons (Fsp3) is 0.167. The van der Waals surface area contributed by atoms with E-state index in [1.54, 1.807) is 41.8 Å². The minimum Gasteiger partial charge on any atom is -0.436 e. The fourth-order valence-electron chi connectivity index (χ4n) is 3.36. The molecule has 1 amide bonds. The van der Waals surface area contributed by atoms with Gasteiger partial charge in [-0.25, -0.2) is 9.37 Å². The Labute approximate surface area is 184 Å². The zero-order chi connectivity index (χ0) is 21.8. The highest BCUT2D eigenvalue weighted by atomic mass is 32.1. The molecule has 4 rings (SSSR count). The van der Waals surface area contributed by atoms with Gasteiger partial charge in [0.1, 0.15) is 5.82 Å². The quantitative estimate of drug-likeness (QED) is 0.431. The Kier molecular flexibility index (Phi) is 6.25. The number of benzene rings is 2. The normalized spacial score (nSPS) is 12.1. The third-order valence-electron chi connectivity index (χ3n) is 5.04. The summed E-state index contributed by atoms with van der Waals surface area (Å²) in [6.07, 6.45) is 1.58.